The van der Waals surface area contributed by atoms with E-state index in [1.807, 2.05) is 24.3 Å². The zero-order valence-electron chi connectivity index (χ0n) is 19.8. The minimum absolute atomic E-state index is 0.105. The molecule has 1 amide bonds. The van der Waals surface area contributed by atoms with Crippen LogP contribution in [0.2, 0.25) is 5.02 Å². The number of nitrogens with one attached hydrogen (secondary N) is 1. The first kappa shape index (κ1) is 22.2. The lowest BCUT2D eigenvalue weighted by Gasteiger charge is -2.56. The molecule has 1 aliphatic heterocycles. The van der Waals surface area contributed by atoms with Crippen LogP contribution in [0.25, 0.3) is 0 Å². The number of hydrogen-bond acceptors (Lipinski definition) is 5. The molecule has 0 saturated heterocycles. The monoisotopic (exact) mass is 484 g/mol. The van der Waals surface area contributed by atoms with Crippen LogP contribution in [0.15, 0.2) is 30.7 Å². The van der Waals surface area contributed by atoms with E-state index in [9.17, 15) is 9.90 Å². The number of aliphatic hydroxyl groups is 1. The molecule has 4 fully saturated rings. The lowest BCUT2D eigenvalue weighted by molar-refractivity contribution is -0.138. The molecule has 0 spiro atoms. The van der Waals surface area contributed by atoms with Crippen LogP contribution in [-0.2, 0) is 10.3 Å². The number of aromatic nitrogens is 2. The Morgan fingerprint density at radius 1 is 1.26 bits per heavy atom. The van der Waals surface area contributed by atoms with Crippen molar-refractivity contribution < 1.29 is 14.6 Å². The van der Waals surface area contributed by atoms with Gasteiger partial charge in [-0.2, -0.15) is 0 Å². The smallest absolute Gasteiger partial charge is 0.263 e. The highest BCUT2D eigenvalue weighted by Gasteiger charge is 2.56. The molecular weight excluding hydrogens is 452 g/mol. The second kappa shape index (κ2) is 7.89. The molecule has 1 aromatic carbocycles. The fourth-order valence-electron chi connectivity index (χ4n) is 6.67. The van der Waals surface area contributed by atoms with Crippen molar-refractivity contribution in [3.8, 4) is 5.75 Å². The van der Waals surface area contributed by atoms with Crippen molar-refractivity contribution in [2.75, 3.05) is 18.5 Å². The third-order valence-electron chi connectivity index (χ3n) is 8.93. The van der Waals surface area contributed by atoms with Gasteiger partial charge in [-0.15, -0.1) is 0 Å². The normalized spacial score (nSPS) is 36.4. The quantitative estimate of drug-likeness (QED) is 0.689. The van der Waals surface area contributed by atoms with Gasteiger partial charge in [-0.25, -0.2) is 4.98 Å². The Morgan fingerprint density at radius 3 is 2.74 bits per heavy atom. The molecule has 0 radical (unpaired) electrons. The van der Waals surface area contributed by atoms with Crippen molar-refractivity contribution in [1.82, 2.24) is 14.9 Å². The minimum Gasteiger partial charge on any atom is -0.477 e. The molecule has 8 heteroatoms. The van der Waals surface area contributed by atoms with Gasteiger partial charge >= 0.3 is 0 Å². The van der Waals surface area contributed by atoms with Crippen LogP contribution in [0, 0.1) is 5.92 Å². The number of halogens is 1. The standard InChI is InChI=1S/C26H33ClN4O3/c1-16-9-17(10-16)19-13-31(15-28-19)25-5-7-26(8-6-25,23(32)12-25)29-24(33)22-14-30(2)20-11-18(27)3-4-21(20)34-22/h3-4,11,13,15-17,22-23,32H,5-10,12,14H2,1-2H3,(H,29,33)/t16?,17?,22?,23-,25?,26?/m0/s1. The molecule has 4 saturated carbocycles. The van der Waals surface area contributed by atoms with Gasteiger partial charge in [0.2, 0.25) is 0 Å². The van der Waals surface area contributed by atoms with Gasteiger partial charge in [0, 0.05) is 29.7 Å². The van der Waals surface area contributed by atoms with Crippen LogP contribution in [0.1, 0.15) is 63.5 Å². The molecule has 182 valence electrons. The van der Waals surface area contributed by atoms with E-state index in [2.05, 4.69) is 23.0 Å². The summed E-state index contributed by atoms with van der Waals surface area (Å²) < 4.78 is 8.29. The fourth-order valence-corrected chi connectivity index (χ4v) is 6.83. The topological polar surface area (TPSA) is 79.6 Å². The van der Waals surface area contributed by atoms with Gasteiger partial charge in [0.1, 0.15) is 5.75 Å². The van der Waals surface area contributed by atoms with E-state index >= 15 is 0 Å². The van der Waals surface area contributed by atoms with Crippen molar-refractivity contribution in [2.24, 2.45) is 5.92 Å². The Morgan fingerprint density at radius 2 is 2.03 bits per heavy atom. The van der Waals surface area contributed by atoms with Crippen LogP contribution in [0.4, 0.5) is 5.69 Å². The van der Waals surface area contributed by atoms with Crippen molar-refractivity contribution >= 4 is 23.2 Å². The summed E-state index contributed by atoms with van der Waals surface area (Å²) in [4.78, 5) is 20.0. The van der Waals surface area contributed by atoms with Gasteiger partial charge in [-0.3, -0.25) is 4.79 Å². The summed E-state index contributed by atoms with van der Waals surface area (Å²) >= 11 is 6.12. The number of anilines is 1. The van der Waals surface area contributed by atoms with Gasteiger partial charge in [-0.05, 0) is 69.1 Å². The van der Waals surface area contributed by atoms with Gasteiger partial charge in [0.15, 0.2) is 6.10 Å². The maximum Gasteiger partial charge on any atom is 0.263 e. The zero-order valence-corrected chi connectivity index (χ0v) is 20.6. The number of amides is 1. The first-order valence-corrected chi connectivity index (χ1v) is 12.9. The van der Waals surface area contributed by atoms with Gasteiger partial charge in [0.25, 0.3) is 5.91 Å². The lowest BCUT2D eigenvalue weighted by atomic mass is 9.59. The van der Waals surface area contributed by atoms with Crippen molar-refractivity contribution in [3.05, 3.63) is 41.4 Å². The number of fused-ring (bicyclic) bond motifs is 4. The summed E-state index contributed by atoms with van der Waals surface area (Å²) in [5.74, 6) is 1.87. The predicted molar refractivity (Wildman–Crippen MR) is 130 cm³/mol. The highest BCUT2D eigenvalue weighted by Crippen LogP contribution is 2.52. The number of likely N-dealkylation sites (N-methyl/N-ethyl adjacent to an activating group) is 1. The maximum absolute atomic E-state index is 13.3. The molecule has 1 unspecified atom stereocenters. The summed E-state index contributed by atoms with van der Waals surface area (Å²) in [6.45, 7) is 2.73. The predicted octanol–water partition coefficient (Wildman–Crippen LogP) is 3.84. The Bertz CT molecular complexity index is 1100. The van der Waals surface area contributed by atoms with Crippen molar-refractivity contribution in [3.63, 3.8) is 0 Å². The average Bonchev–Trinajstić information content (AvgIpc) is 3.29. The summed E-state index contributed by atoms with van der Waals surface area (Å²) in [5.41, 5.74) is 1.38. The van der Waals surface area contributed by atoms with E-state index in [-0.39, 0.29) is 11.4 Å². The summed E-state index contributed by atoms with van der Waals surface area (Å²) in [6.07, 6.45) is 9.39. The molecule has 4 aliphatic carbocycles. The van der Waals surface area contributed by atoms with Crippen LogP contribution >= 0.6 is 11.6 Å². The number of carbonyl (C=O) groups excluding carboxylic acids is 1. The van der Waals surface area contributed by atoms with E-state index < -0.39 is 17.7 Å². The summed E-state index contributed by atoms with van der Waals surface area (Å²) in [7, 11) is 1.93. The highest BCUT2D eigenvalue weighted by atomic mass is 35.5. The SMILES string of the molecule is CC1CC(c2cn(C34CCC(NC(=O)C5CN(C)c6cc(Cl)ccc6O5)(CC3)[C@@H](O)C4)cn2)C1. The second-order valence-corrected chi connectivity index (χ2v) is 11.6. The third kappa shape index (κ3) is 3.51. The Labute approximate surface area is 205 Å². The molecule has 2 aromatic rings. The number of carbonyl (C=O) groups is 1. The number of nitrogens with zero attached hydrogens (tertiary/aromatic N) is 3. The molecule has 2 bridgehead atoms. The first-order chi connectivity index (χ1) is 16.3. The number of aliphatic hydroxyl groups excluding tert-OH is 1. The fraction of sp³-hybridized carbons (Fsp3) is 0.615. The van der Waals surface area contributed by atoms with Crippen LogP contribution in [0.5, 0.6) is 5.75 Å². The van der Waals surface area contributed by atoms with Crippen LogP contribution in [0.3, 0.4) is 0 Å². The maximum atomic E-state index is 13.3. The first-order valence-electron chi connectivity index (χ1n) is 12.5. The van der Waals surface area contributed by atoms with E-state index in [0.29, 0.717) is 29.7 Å². The highest BCUT2D eigenvalue weighted by molar-refractivity contribution is 6.31. The molecule has 2 N–H and O–H groups in total. The average molecular weight is 485 g/mol. The number of hydrogen-bond donors (Lipinski definition) is 2. The van der Waals surface area contributed by atoms with Gasteiger partial charge < -0.3 is 24.6 Å². The van der Waals surface area contributed by atoms with Crippen LogP contribution in [-0.4, -0.2) is 51.9 Å². The zero-order chi connectivity index (χ0) is 23.7. The number of benzene rings is 1. The molecule has 2 atom stereocenters. The Kier molecular flexibility index (Phi) is 5.16. The molecule has 2 heterocycles. The van der Waals surface area contributed by atoms with Crippen LogP contribution < -0.4 is 15.0 Å². The molecule has 1 aromatic heterocycles. The number of ether oxygens (including phenoxy) is 1. The third-order valence-corrected chi connectivity index (χ3v) is 9.17. The minimum atomic E-state index is -0.630. The van der Waals surface area contributed by atoms with E-state index in [1.165, 1.54) is 18.5 Å². The van der Waals surface area contributed by atoms with E-state index in [4.69, 9.17) is 21.3 Å². The summed E-state index contributed by atoms with van der Waals surface area (Å²) in [6, 6.07) is 5.42. The van der Waals surface area contributed by atoms with E-state index in [0.717, 1.165) is 37.3 Å². The Hall–Kier alpha value is -2.25. The number of rotatable bonds is 4. The summed E-state index contributed by atoms with van der Waals surface area (Å²) in [5, 5.41) is 15.1. The molecule has 7 rings (SSSR count). The molecule has 7 nitrogen and oxygen atoms in total. The molecular formula is C26H33ClN4O3. The lowest BCUT2D eigenvalue weighted by Crippen LogP contribution is -2.68. The van der Waals surface area contributed by atoms with Gasteiger partial charge in [-0.1, -0.05) is 18.5 Å². The largest absolute Gasteiger partial charge is 0.477 e. The molecule has 34 heavy (non-hydrogen) atoms. The van der Waals surface area contributed by atoms with Crippen molar-refractivity contribution in [1.29, 1.82) is 0 Å². The Balaban J connectivity index is 1.14. The van der Waals surface area contributed by atoms with E-state index in [1.54, 1.807) is 12.1 Å². The van der Waals surface area contributed by atoms with Gasteiger partial charge in [0.05, 0.1) is 35.9 Å². The molecule has 5 aliphatic rings. The second-order valence-electron chi connectivity index (χ2n) is 11.2. The number of imidazole rings is 1. The van der Waals surface area contributed by atoms with Crippen molar-refractivity contribution in [2.45, 2.75) is 81.1 Å².